The summed E-state index contributed by atoms with van der Waals surface area (Å²) < 4.78 is 38.9. The van der Waals surface area contributed by atoms with Crippen LogP contribution < -0.4 is 5.73 Å². The zero-order valence-electron chi connectivity index (χ0n) is 9.35. The number of nitrogens with two attached hydrogens (primary N) is 1. The lowest BCUT2D eigenvalue weighted by Crippen LogP contribution is -2.06. The van der Waals surface area contributed by atoms with Crippen LogP contribution in [0.15, 0.2) is 30.5 Å². The van der Waals surface area contributed by atoms with Gasteiger partial charge in [0.15, 0.2) is 0 Å². The third-order valence-electron chi connectivity index (χ3n) is 2.38. The number of aromatic nitrogens is 3. The van der Waals surface area contributed by atoms with E-state index in [2.05, 4.69) is 10.3 Å². The first-order chi connectivity index (χ1) is 8.50. The molecular formula is C11H11F3N4. The summed E-state index contributed by atoms with van der Waals surface area (Å²) in [6.07, 6.45) is -2.25. The van der Waals surface area contributed by atoms with Gasteiger partial charge in [-0.3, -0.25) is 0 Å². The summed E-state index contributed by atoms with van der Waals surface area (Å²) in [5.74, 6) is 0. The SMILES string of the molecule is NCCc1cn(-c2cccc(C(F)(F)F)c2)nn1. The van der Waals surface area contributed by atoms with E-state index in [0.29, 0.717) is 24.3 Å². The Hall–Kier alpha value is -1.89. The quantitative estimate of drug-likeness (QED) is 0.910. The normalized spacial score (nSPS) is 11.8. The van der Waals surface area contributed by atoms with Crippen LogP contribution in [0.3, 0.4) is 0 Å². The molecule has 1 heterocycles. The van der Waals surface area contributed by atoms with Crippen LogP contribution in [0.5, 0.6) is 0 Å². The zero-order chi connectivity index (χ0) is 13.2. The minimum atomic E-state index is -4.36. The molecule has 0 spiro atoms. The molecule has 18 heavy (non-hydrogen) atoms. The van der Waals surface area contributed by atoms with E-state index in [4.69, 9.17) is 5.73 Å². The molecule has 1 aromatic carbocycles. The molecule has 2 aromatic rings. The maximum absolute atomic E-state index is 12.5. The first-order valence-electron chi connectivity index (χ1n) is 5.29. The number of hydrogen-bond donors (Lipinski definition) is 1. The van der Waals surface area contributed by atoms with Crippen molar-refractivity contribution in [1.29, 1.82) is 0 Å². The molecule has 0 atom stereocenters. The van der Waals surface area contributed by atoms with Crippen molar-refractivity contribution < 1.29 is 13.2 Å². The maximum Gasteiger partial charge on any atom is 0.416 e. The molecule has 96 valence electrons. The summed E-state index contributed by atoms with van der Waals surface area (Å²) in [5, 5.41) is 7.60. The van der Waals surface area contributed by atoms with E-state index in [1.807, 2.05) is 0 Å². The summed E-state index contributed by atoms with van der Waals surface area (Å²) in [6.45, 7) is 0.418. The second kappa shape index (κ2) is 4.77. The predicted molar refractivity (Wildman–Crippen MR) is 59.1 cm³/mol. The monoisotopic (exact) mass is 256 g/mol. The van der Waals surface area contributed by atoms with E-state index in [1.54, 1.807) is 6.20 Å². The average molecular weight is 256 g/mol. The Morgan fingerprint density at radius 1 is 1.28 bits per heavy atom. The fourth-order valence-corrected chi connectivity index (χ4v) is 1.51. The molecule has 0 bridgehead atoms. The number of benzene rings is 1. The maximum atomic E-state index is 12.5. The molecule has 0 aliphatic rings. The molecule has 0 saturated carbocycles. The van der Waals surface area contributed by atoms with Gasteiger partial charge in [-0.2, -0.15) is 13.2 Å². The molecule has 0 aliphatic heterocycles. The van der Waals surface area contributed by atoms with E-state index in [9.17, 15) is 13.2 Å². The van der Waals surface area contributed by atoms with E-state index in [-0.39, 0.29) is 0 Å². The lowest BCUT2D eigenvalue weighted by molar-refractivity contribution is -0.137. The summed E-state index contributed by atoms with van der Waals surface area (Å²) in [4.78, 5) is 0. The molecule has 1 aromatic heterocycles. The number of halogens is 3. The largest absolute Gasteiger partial charge is 0.416 e. The molecule has 4 nitrogen and oxygen atoms in total. The molecule has 0 saturated heterocycles. The topological polar surface area (TPSA) is 56.7 Å². The second-order valence-electron chi connectivity index (χ2n) is 3.74. The molecule has 0 radical (unpaired) electrons. The first kappa shape index (κ1) is 12.6. The van der Waals surface area contributed by atoms with Gasteiger partial charge < -0.3 is 5.73 Å². The highest BCUT2D eigenvalue weighted by atomic mass is 19.4. The summed E-state index contributed by atoms with van der Waals surface area (Å²) in [6, 6.07) is 4.92. The number of rotatable bonds is 3. The van der Waals surface area contributed by atoms with Gasteiger partial charge in [-0.15, -0.1) is 5.10 Å². The van der Waals surface area contributed by atoms with Crippen molar-refractivity contribution in [2.45, 2.75) is 12.6 Å². The van der Waals surface area contributed by atoms with Gasteiger partial charge in [0, 0.05) is 6.42 Å². The standard InChI is InChI=1S/C11H11F3N4/c12-11(13,14)8-2-1-3-10(6-8)18-7-9(4-5-15)16-17-18/h1-3,6-7H,4-5,15H2. The Balaban J connectivity index is 2.32. The molecule has 0 amide bonds. The fraction of sp³-hybridized carbons (Fsp3) is 0.273. The van der Waals surface area contributed by atoms with Gasteiger partial charge in [-0.1, -0.05) is 11.3 Å². The minimum Gasteiger partial charge on any atom is -0.330 e. The van der Waals surface area contributed by atoms with Gasteiger partial charge in [0.2, 0.25) is 0 Å². The van der Waals surface area contributed by atoms with E-state index >= 15 is 0 Å². The zero-order valence-corrected chi connectivity index (χ0v) is 9.35. The summed E-state index contributed by atoms with van der Waals surface area (Å²) >= 11 is 0. The van der Waals surface area contributed by atoms with Gasteiger partial charge in [0.25, 0.3) is 0 Å². The van der Waals surface area contributed by atoms with E-state index < -0.39 is 11.7 Å². The minimum absolute atomic E-state index is 0.320. The van der Waals surface area contributed by atoms with Crippen LogP contribution in [0, 0.1) is 0 Å². The van der Waals surface area contributed by atoms with Gasteiger partial charge in [-0.25, -0.2) is 4.68 Å². The Morgan fingerprint density at radius 2 is 2.06 bits per heavy atom. The summed E-state index contributed by atoms with van der Waals surface area (Å²) in [5.41, 5.74) is 5.62. The third kappa shape index (κ3) is 2.67. The van der Waals surface area contributed by atoms with E-state index in [0.717, 1.165) is 12.1 Å². The van der Waals surface area contributed by atoms with Crippen molar-refractivity contribution in [2.24, 2.45) is 5.73 Å². The Bertz CT molecular complexity index is 533. The van der Waals surface area contributed by atoms with Crippen molar-refractivity contribution >= 4 is 0 Å². The Kier molecular flexibility index (Phi) is 3.33. The molecule has 0 aliphatic carbocycles. The van der Waals surface area contributed by atoms with Gasteiger partial charge >= 0.3 is 6.18 Å². The van der Waals surface area contributed by atoms with Crippen molar-refractivity contribution in [1.82, 2.24) is 15.0 Å². The van der Waals surface area contributed by atoms with Crippen LogP contribution in [0.2, 0.25) is 0 Å². The van der Waals surface area contributed by atoms with Gasteiger partial charge in [0.05, 0.1) is 23.1 Å². The Morgan fingerprint density at radius 3 is 2.72 bits per heavy atom. The lowest BCUT2D eigenvalue weighted by Gasteiger charge is -2.07. The highest BCUT2D eigenvalue weighted by Gasteiger charge is 2.30. The van der Waals surface area contributed by atoms with Crippen LogP contribution in [-0.4, -0.2) is 21.5 Å². The smallest absolute Gasteiger partial charge is 0.330 e. The molecule has 0 unspecified atom stereocenters. The van der Waals surface area contributed by atoms with Crippen LogP contribution >= 0.6 is 0 Å². The first-order valence-corrected chi connectivity index (χ1v) is 5.29. The Labute approximate surface area is 101 Å². The molecule has 2 rings (SSSR count). The van der Waals surface area contributed by atoms with Gasteiger partial charge in [0.1, 0.15) is 0 Å². The molecular weight excluding hydrogens is 245 g/mol. The van der Waals surface area contributed by atoms with E-state index in [1.165, 1.54) is 16.8 Å². The lowest BCUT2D eigenvalue weighted by atomic mass is 10.2. The molecule has 0 fully saturated rings. The van der Waals surface area contributed by atoms with Crippen molar-refractivity contribution in [3.63, 3.8) is 0 Å². The van der Waals surface area contributed by atoms with Gasteiger partial charge in [-0.05, 0) is 24.7 Å². The average Bonchev–Trinajstić information content (AvgIpc) is 2.77. The molecule has 2 N–H and O–H groups in total. The summed E-state index contributed by atoms with van der Waals surface area (Å²) in [7, 11) is 0. The third-order valence-corrected chi connectivity index (χ3v) is 2.38. The van der Waals surface area contributed by atoms with Crippen molar-refractivity contribution in [2.75, 3.05) is 6.54 Å². The van der Waals surface area contributed by atoms with Crippen molar-refractivity contribution in [3.8, 4) is 5.69 Å². The number of alkyl halides is 3. The van der Waals surface area contributed by atoms with Crippen LogP contribution in [-0.2, 0) is 12.6 Å². The van der Waals surface area contributed by atoms with Crippen LogP contribution in [0.25, 0.3) is 5.69 Å². The molecule has 7 heteroatoms. The van der Waals surface area contributed by atoms with Crippen LogP contribution in [0.1, 0.15) is 11.3 Å². The fourth-order valence-electron chi connectivity index (χ4n) is 1.51. The second-order valence-corrected chi connectivity index (χ2v) is 3.74. The highest BCUT2D eigenvalue weighted by molar-refractivity contribution is 5.36. The number of nitrogens with zero attached hydrogens (tertiary/aromatic N) is 3. The van der Waals surface area contributed by atoms with Crippen LogP contribution in [0.4, 0.5) is 13.2 Å². The number of hydrogen-bond acceptors (Lipinski definition) is 3. The van der Waals surface area contributed by atoms with Crippen molar-refractivity contribution in [3.05, 3.63) is 41.7 Å². The highest BCUT2D eigenvalue weighted by Crippen LogP contribution is 2.30. The predicted octanol–water partition coefficient (Wildman–Crippen LogP) is 1.79.